The molecule has 3 aliphatic rings. The van der Waals surface area contributed by atoms with Crippen LogP contribution in [0.1, 0.15) is 25.7 Å². The maximum atomic E-state index is 11.9. The van der Waals surface area contributed by atoms with E-state index < -0.39 is 0 Å². The molecule has 0 spiro atoms. The van der Waals surface area contributed by atoms with Crippen molar-refractivity contribution in [3.63, 3.8) is 0 Å². The monoisotopic (exact) mass is 181 g/mol. The van der Waals surface area contributed by atoms with E-state index in [-0.39, 0.29) is 0 Å². The summed E-state index contributed by atoms with van der Waals surface area (Å²) in [4.78, 5) is 14.1. The standard InChI is InChI=1S/C11H19NO/c1-12(2)7-10-8-3-5-9(6-4-8)11(10)13/h8-10H,3-7H2,1-2H3. The van der Waals surface area contributed by atoms with E-state index in [1.807, 2.05) is 0 Å². The van der Waals surface area contributed by atoms with Gasteiger partial charge in [0.05, 0.1) is 0 Å². The van der Waals surface area contributed by atoms with E-state index in [2.05, 4.69) is 19.0 Å². The first-order valence-electron chi connectivity index (χ1n) is 5.37. The fraction of sp³-hybridized carbons (Fsp3) is 0.909. The average Bonchev–Trinajstić information content (AvgIpc) is 2.11. The molecule has 3 saturated carbocycles. The lowest BCUT2D eigenvalue weighted by Gasteiger charge is -2.41. The zero-order chi connectivity index (χ0) is 9.42. The molecule has 3 fully saturated rings. The van der Waals surface area contributed by atoms with Gasteiger partial charge in [0, 0.05) is 18.4 Å². The molecule has 13 heavy (non-hydrogen) atoms. The molecule has 0 aromatic heterocycles. The summed E-state index contributed by atoms with van der Waals surface area (Å²) in [6.45, 7) is 0.972. The molecule has 0 N–H and O–H groups in total. The number of hydrogen-bond acceptors (Lipinski definition) is 2. The third kappa shape index (κ3) is 1.64. The second-order valence-electron chi connectivity index (χ2n) is 4.88. The Labute approximate surface area is 80.3 Å². The van der Waals surface area contributed by atoms with Crippen LogP contribution in [0, 0.1) is 17.8 Å². The van der Waals surface area contributed by atoms with Gasteiger partial charge in [-0.1, -0.05) is 0 Å². The molecular formula is C11H19NO. The van der Waals surface area contributed by atoms with Gasteiger partial charge in [0.1, 0.15) is 5.78 Å². The highest BCUT2D eigenvalue weighted by molar-refractivity contribution is 5.85. The Morgan fingerprint density at radius 2 is 1.85 bits per heavy atom. The lowest BCUT2D eigenvalue weighted by atomic mass is 9.64. The second kappa shape index (κ2) is 3.41. The van der Waals surface area contributed by atoms with Gasteiger partial charge in [-0.25, -0.2) is 0 Å². The molecule has 2 nitrogen and oxygen atoms in total. The minimum absolute atomic E-state index is 0.363. The highest BCUT2D eigenvalue weighted by Gasteiger charge is 2.42. The minimum Gasteiger partial charge on any atom is -0.309 e. The largest absolute Gasteiger partial charge is 0.309 e. The molecule has 0 saturated heterocycles. The minimum atomic E-state index is 0.363. The Kier molecular flexibility index (Phi) is 2.41. The van der Waals surface area contributed by atoms with E-state index in [0.717, 1.165) is 6.54 Å². The first-order chi connectivity index (χ1) is 6.18. The molecule has 3 aliphatic carbocycles. The first-order valence-corrected chi connectivity index (χ1v) is 5.37. The summed E-state index contributed by atoms with van der Waals surface area (Å²) >= 11 is 0. The van der Waals surface area contributed by atoms with Crippen molar-refractivity contribution in [3.8, 4) is 0 Å². The molecule has 1 unspecified atom stereocenters. The highest BCUT2D eigenvalue weighted by Crippen LogP contribution is 2.42. The van der Waals surface area contributed by atoms with Gasteiger partial charge in [-0.2, -0.15) is 0 Å². The molecular weight excluding hydrogens is 162 g/mol. The summed E-state index contributed by atoms with van der Waals surface area (Å²) in [5, 5.41) is 0. The topological polar surface area (TPSA) is 20.3 Å². The van der Waals surface area contributed by atoms with E-state index in [1.54, 1.807) is 0 Å². The zero-order valence-electron chi connectivity index (χ0n) is 8.62. The van der Waals surface area contributed by atoms with Crippen LogP contribution in [-0.2, 0) is 4.79 Å². The smallest absolute Gasteiger partial charge is 0.140 e. The van der Waals surface area contributed by atoms with Crippen molar-refractivity contribution in [2.24, 2.45) is 17.8 Å². The summed E-state index contributed by atoms with van der Waals surface area (Å²) in [6, 6.07) is 0. The van der Waals surface area contributed by atoms with Gasteiger partial charge < -0.3 is 4.90 Å². The summed E-state index contributed by atoms with van der Waals surface area (Å²) < 4.78 is 0. The number of rotatable bonds is 2. The SMILES string of the molecule is CN(C)CC1C(=O)C2CCC1CC2. The number of ketones is 1. The Balaban J connectivity index is 2.05. The maximum absolute atomic E-state index is 11.9. The molecule has 0 aromatic carbocycles. The van der Waals surface area contributed by atoms with Crippen molar-refractivity contribution in [1.29, 1.82) is 0 Å². The lowest BCUT2D eigenvalue weighted by Crippen LogP contribution is -2.44. The molecule has 2 heteroatoms. The first kappa shape index (κ1) is 9.20. The van der Waals surface area contributed by atoms with Gasteiger partial charge in [0.2, 0.25) is 0 Å². The van der Waals surface area contributed by atoms with Crippen molar-refractivity contribution < 1.29 is 4.79 Å². The van der Waals surface area contributed by atoms with Crippen molar-refractivity contribution in [2.45, 2.75) is 25.7 Å². The van der Waals surface area contributed by atoms with Gasteiger partial charge in [0.15, 0.2) is 0 Å². The third-order valence-corrected chi connectivity index (χ3v) is 3.67. The van der Waals surface area contributed by atoms with Crippen molar-refractivity contribution in [2.75, 3.05) is 20.6 Å². The zero-order valence-corrected chi connectivity index (χ0v) is 8.62. The average molecular weight is 181 g/mol. The van der Waals surface area contributed by atoms with Crippen molar-refractivity contribution in [1.82, 2.24) is 4.90 Å². The van der Waals surface area contributed by atoms with E-state index in [0.29, 0.717) is 23.5 Å². The predicted molar refractivity (Wildman–Crippen MR) is 52.5 cm³/mol. The molecule has 74 valence electrons. The van der Waals surface area contributed by atoms with E-state index in [4.69, 9.17) is 0 Å². The Hall–Kier alpha value is -0.370. The van der Waals surface area contributed by atoms with Gasteiger partial charge in [-0.15, -0.1) is 0 Å². The Morgan fingerprint density at radius 3 is 2.31 bits per heavy atom. The highest BCUT2D eigenvalue weighted by atomic mass is 16.1. The van der Waals surface area contributed by atoms with Crippen LogP contribution in [0.2, 0.25) is 0 Å². The van der Waals surface area contributed by atoms with Crippen molar-refractivity contribution >= 4 is 5.78 Å². The lowest BCUT2D eigenvalue weighted by molar-refractivity contribution is -0.136. The van der Waals surface area contributed by atoms with Crippen LogP contribution in [0.15, 0.2) is 0 Å². The molecule has 2 bridgehead atoms. The number of Topliss-reactive ketones (excluding diaryl/α,β-unsaturated/α-hetero) is 1. The molecule has 0 radical (unpaired) electrons. The second-order valence-corrected chi connectivity index (χ2v) is 4.88. The molecule has 1 atom stereocenters. The third-order valence-electron chi connectivity index (χ3n) is 3.67. The predicted octanol–water partition coefficient (Wildman–Crippen LogP) is 1.55. The molecule has 0 amide bonds. The van der Waals surface area contributed by atoms with Crippen LogP contribution in [0.5, 0.6) is 0 Å². The molecule has 0 heterocycles. The summed E-state index contributed by atoms with van der Waals surface area (Å²) in [6.07, 6.45) is 4.95. The number of fused-ring (bicyclic) bond motifs is 3. The van der Waals surface area contributed by atoms with E-state index in [1.165, 1.54) is 25.7 Å². The van der Waals surface area contributed by atoms with Crippen LogP contribution in [0.25, 0.3) is 0 Å². The summed E-state index contributed by atoms with van der Waals surface area (Å²) in [5.74, 6) is 2.06. The van der Waals surface area contributed by atoms with E-state index in [9.17, 15) is 4.79 Å². The normalized spacial score (nSPS) is 38.7. The number of hydrogen-bond donors (Lipinski definition) is 0. The van der Waals surface area contributed by atoms with E-state index >= 15 is 0 Å². The van der Waals surface area contributed by atoms with Gasteiger partial charge in [-0.3, -0.25) is 4.79 Å². The molecule has 0 aromatic rings. The van der Waals surface area contributed by atoms with Gasteiger partial charge in [-0.05, 0) is 45.7 Å². The maximum Gasteiger partial charge on any atom is 0.140 e. The Bertz CT molecular complexity index is 204. The van der Waals surface area contributed by atoms with Gasteiger partial charge in [0.25, 0.3) is 0 Å². The summed E-state index contributed by atoms with van der Waals surface area (Å²) in [5.41, 5.74) is 0. The Morgan fingerprint density at radius 1 is 1.23 bits per heavy atom. The van der Waals surface area contributed by atoms with Crippen LogP contribution >= 0.6 is 0 Å². The molecule has 3 rings (SSSR count). The van der Waals surface area contributed by atoms with Crippen LogP contribution in [-0.4, -0.2) is 31.3 Å². The number of nitrogens with zero attached hydrogens (tertiary/aromatic N) is 1. The van der Waals surface area contributed by atoms with Crippen LogP contribution in [0.4, 0.5) is 0 Å². The van der Waals surface area contributed by atoms with Crippen molar-refractivity contribution in [3.05, 3.63) is 0 Å². The fourth-order valence-electron chi connectivity index (χ4n) is 2.97. The molecule has 0 aliphatic heterocycles. The van der Waals surface area contributed by atoms with Crippen LogP contribution < -0.4 is 0 Å². The fourth-order valence-corrected chi connectivity index (χ4v) is 2.97. The quantitative estimate of drug-likeness (QED) is 0.644. The number of carbonyl (C=O) groups is 1. The van der Waals surface area contributed by atoms with Gasteiger partial charge >= 0.3 is 0 Å². The van der Waals surface area contributed by atoms with Crippen LogP contribution in [0.3, 0.4) is 0 Å². The number of carbonyl (C=O) groups excluding carboxylic acids is 1. The summed E-state index contributed by atoms with van der Waals surface area (Å²) in [7, 11) is 4.13.